The summed E-state index contributed by atoms with van der Waals surface area (Å²) in [5.41, 5.74) is 3.50. The normalized spacial score (nSPS) is 13.6. The molecule has 2 aromatic carbocycles. The van der Waals surface area contributed by atoms with Crippen LogP contribution >= 0.6 is 11.6 Å². The van der Waals surface area contributed by atoms with Crippen LogP contribution in [0.2, 0.25) is 5.02 Å². The van der Waals surface area contributed by atoms with E-state index in [1.807, 2.05) is 35.2 Å². The molecule has 1 N–H and O–H groups in total. The zero-order valence-corrected chi connectivity index (χ0v) is 13.1. The number of carbonyl (C=O) groups is 1. The van der Waals surface area contributed by atoms with Crippen molar-refractivity contribution in [2.45, 2.75) is 19.4 Å². The van der Waals surface area contributed by atoms with Crippen LogP contribution in [0.15, 0.2) is 48.5 Å². The van der Waals surface area contributed by atoms with E-state index in [2.05, 4.69) is 23.5 Å². The Morgan fingerprint density at radius 3 is 2.64 bits per heavy atom. The van der Waals surface area contributed by atoms with Crippen molar-refractivity contribution in [3.8, 4) is 0 Å². The molecular weight excluding hydrogens is 296 g/mol. The molecule has 0 spiro atoms. The van der Waals surface area contributed by atoms with Crippen LogP contribution in [0.25, 0.3) is 0 Å². The van der Waals surface area contributed by atoms with E-state index in [1.165, 1.54) is 11.1 Å². The van der Waals surface area contributed by atoms with Gasteiger partial charge in [0.05, 0.1) is 10.7 Å². The van der Waals surface area contributed by atoms with Crippen LogP contribution in [0.5, 0.6) is 0 Å². The van der Waals surface area contributed by atoms with Gasteiger partial charge in [0, 0.05) is 26.1 Å². The van der Waals surface area contributed by atoms with Gasteiger partial charge < -0.3 is 10.2 Å². The molecule has 1 aliphatic rings. The molecule has 4 heteroatoms. The monoisotopic (exact) mass is 314 g/mol. The largest absolute Gasteiger partial charge is 0.383 e. The van der Waals surface area contributed by atoms with Crippen molar-refractivity contribution < 1.29 is 4.79 Å². The molecule has 1 amide bonds. The molecule has 3 nitrogen and oxygen atoms in total. The Bertz CT molecular complexity index is 672. The van der Waals surface area contributed by atoms with Gasteiger partial charge in [-0.2, -0.15) is 0 Å². The van der Waals surface area contributed by atoms with Gasteiger partial charge in [-0.25, -0.2) is 0 Å². The second-order valence-electron chi connectivity index (χ2n) is 5.49. The maximum Gasteiger partial charge on any atom is 0.224 e. The number of carbonyl (C=O) groups excluding carboxylic acids is 1. The third kappa shape index (κ3) is 3.42. The van der Waals surface area contributed by atoms with Crippen molar-refractivity contribution in [2.24, 2.45) is 0 Å². The van der Waals surface area contributed by atoms with Gasteiger partial charge in [-0.3, -0.25) is 4.79 Å². The molecule has 0 atom stereocenters. The molecule has 114 valence electrons. The zero-order chi connectivity index (χ0) is 15.4. The predicted octanol–water partition coefficient (Wildman–Crippen LogP) is 3.73. The molecule has 1 aliphatic heterocycles. The van der Waals surface area contributed by atoms with Crippen molar-refractivity contribution in [2.75, 3.05) is 18.4 Å². The van der Waals surface area contributed by atoms with E-state index in [9.17, 15) is 4.79 Å². The molecule has 0 unspecified atom stereocenters. The third-order valence-electron chi connectivity index (χ3n) is 4.01. The number of amides is 1. The Morgan fingerprint density at radius 2 is 1.82 bits per heavy atom. The summed E-state index contributed by atoms with van der Waals surface area (Å²) in [6.45, 7) is 2.13. The molecule has 0 radical (unpaired) electrons. The van der Waals surface area contributed by atoms with Crippen LogP contribution in [0.3, 0.4) is 0 Å². The lowest BCUT2D eigenvalue weighted by molar-refractivity contribution is -0.131. The van der Waals surface area contributed by atoms with Crippen LogP contribution in [0, 0.1) is 0 Å². The van der Waals surface area contributed by atoms with Crippen molar-refractivity contribution >= 4 is 23.2 Å². The molecule has 2 aromatic rings. The number of anilines is 1. The number of fused-ring (bicyclic) bond motifs is 1. The average molecular weight is 315 g/mol. The van der Waals surface area contributed by atoms with E-state index in [4.69, 9.17) is 11.6 Å². The Labute approximate surface area is 135 Å². The highest BCUT2D eigenvalue weighted by Gasteiger charge is 2.19. The fraction of sp³-hybridized carbons (Fsp3) is 0.278. The highest BCUT2D eigenvalue weighted by atomic mass is 35.5. The number of halogens is 1. The Hall–Kier alpha value is -2.00. The van der Waals surface area contributed by atoms with E-state index < -0.39 is 0 Å². The molecule has 0 bridgehead atoms. The third-order valence-corrected chi connectivity index (χ3v) is 4.34. The summed E-state index contributed by atoms with van der Waals surface area (Å²) in [4.78, 5) is 14.3. The van der Waals surface area contributed by atoms with Crippen molar-refractivity contribution in [1.82, 2.24) is 4.90 Å². The first-order valence-electron chi connectivity index (χ1n) is 7.57. The minimum Gasteiger partial charge on any atom is -0.383 e. The quantitative estimate of drug-likeness (QED) is 0.932. The second kappa shape index (κ2) is 6.84. The van der Waals surface area contributed by atoms with Crippen LogP contribution in [-0.2, 0) is 17.8 Å². The van der Waals surface area contributed by atoms with Crippen molar-refractivity contribution in [1.29, 1.82) is 0 Å². The van der Waals surface area contributed by atoms with Gasteiger partial charge >= 0.3 is 0 Å². The van der Waals surface area contributed by atoms with Gasteiger partial charge in [0.1, 0.15) is 0 Å². The number of hydrogen-bond donors (Lipinski definition) is 1. The summed E-state index contributed by atoms with van der Waals surface area (Å²) in [6.07, 6.45) is 1.42. The minimum atomic E-state index is 0.189. The van der Waals surface area contributed by atoms with Gasteiger partial charge in [0.2, 0.25) is 5.91 Å². The fourth-order valence-electron chi connectivity index (χ4n) is 2.78. The van der Waals surface area contributed by atoms with Gasteiger partial charge in [0.25, 0.3) is 0 Å². The number of rotatable bonds is 4. The number of nitrogens with one attached hydrogen (secondary N) is 1. The van der Waals surface area contributed by atoms with Crippen molar-refractivity contribution in [3.63, 3.8) is 0 Å². The van der Waals surface area contributed by atoms with E-state index in [1.54, 1.807) is 0 Å². The standard InChI is InChI=1S/C18H19ClN2O/c19-16-7-3-4-8-17(16)20-11-9-18(22)21-12-10-14-5-1-2-6-15(14)13-21/h1-8,20H,9-13H2. The van der Waals surface area contributed by atoms with E-state index in [-0.39, 0.29) is 5.91 Å². The predicted molar refractivity (Wildman–Crippen MR) is 90.1 cm³/mol. The van der Waals surface area contributed by atoms with Crippen LogP contribution in [0.4, 0.5) is 5.69 Å². The first-order valence-corrected chi connectivity index (χ1v) is 7.95. The maximum atomic E-state index is 12.3. The van der Waals surface area contributed by atoms with E-state index in [0.717, 1.165) is 25.2 Å². The molecule has 3 rings (SSSR count). The Kier molecular flexibility index (Phi) is 4.64. The average Bonchev–Trinajstić information content (AvgIpc) is 2.56. The topological polar surface area (TPSA) is 32.3 Å². The molecule has 1 heterocycles. The van der Waals surface area contributed by atoms with E-state index in [0.29, 0.717) is 18.0 Å². The second-order valence-corrected chi connectivity index (χ2v) is 5.90. The number of para-hydroxylation sites is 1. The zero-order valence-electron chi connectivity index (χ0n) is 12.4. The van der Waals surface area contributed by atoms with Crippen LogP contribution in [-0.4, -0.2) is 23.9 Å². The van der Waals surface area contributed by atoms with Crippen LogP contribution in [0.1, 0.15) is 17.5 Å². The summed E-state index contributed by atoms with van der Waals surface area (Å²) < 4.78 is 0. The van der Waals surface area contributed by atoms with Gasteiger partial charge in [0.15, 0.2) is 0 Å². The molecule has 0 aromatic heterocycles. The number of benzene rings is 2. The van der Waals surface area contributed by atoms with Crippen molar-refractivity contribution in [3.05, 3.63) is 64.7 Å². The van der Waals surface area contributed by atoms with Gasteiger partial charge in [-0.1, -0.05) is 48.0 Å². The summed E-state index contributed by atoms with van der Waals surface area (Å²) in [5, 5.41) is 3.90. The molecule has 22 heavy (non-hydrogen) atoms. The first-order chi connectivity index (χ1) is 10.7. The number of nitrogens with zero attached hydrogens (tertiary/aromatic N) is 1. The Balaban J connectivity index is 1.52. The van der Waals surface area contributed by atoms with E-state index >= 15 is 0 Å². The van der Waals surface area contributed by atoms with Gasteiger partial charge in [-0.05, 0) is 29.7 Å². The molecule has 0 saturated heterocycles. The smallest absolute Gasteiger partial charge is 0.224 e. The summed E-state index contributed by atoms with van der Waals surface area (Å²) >= 11 is 6.09. The van der Waals surface area contributed by atoms with Crippen LogP contribution < -0.4 is 5.32 Å². The Morgan fingerprint density at radius 1 is 1.09 bits per heavy atom. The summed E-state index contributed by atoms with van der Waals surface area (Å²) in [5.74, 6) is 0.189. The molecule has 0 saturated carbocycles. The molecule has 0 aliphatic carbocycles. The highest BCUT2D eigenvalue weighted by molar-refractivity contribution is 6.33. The lowest BCUT2D eigenvalue weighted by Gasteiger charge is -2.29. The SMILES string of the molecule is O=C(CCNc1ccccc1Cl)N1CCc2ccccc2C1. The lowest BCUT2D eigenvalue weighted by Crippen LogP contribution is -2.36. The highest BCUT2D eigenvalue weighted by Crippen LogP contribution is 2.21. The molecular formula is C18H19ClN2O. The number of hydrogen-bond acceptors (Lipinski definition) is 2. The fourth-order valence-corrected chi connectivity index (χ4v) is 2.98. The first kappa shape index (κ1) is 14.9. The summed E-state index contributed by atoms with van der Waals surface area (Å²) in [7, 11) is 0. The maximum absolute atomic E-state index is 12.3. The minimum absolute atomic E-state index is 0.189. The van der Waals surface area contributed by atoms with Gasteiger partial charge in [-0.15, -0.1) is 0 Å². The molecule has 0 fully saturated rings. The summed E-state index contributed by atoms with van der Waals surface area (Å²) in [6, 6.07) is 15.9. The lowest BCUT2D eigenvalue weighted by atomic mass is 10.00.